The third-order valence-electron chi connectivity index (χ3n) is 3.61. The van der Waals surface area contributed by atoms with Crippen LogP contribution in [0.4, 0.5) is 4.39 Å². The van der Waals surface area contributed by atoms with Gasteiger partial charge in [-0.2, -0.15) is 0 Å². The summed E-state index contributed by atoms with van der Waals surface area (Å²) in [6.07, 6.45) is 2.40. The minimum atomic E-state index is -0.405. The van der Waals surface area contributed by atoms with E-state index in [0.29, 0.717) is 11.3 Å². The van der Waals surface area contributed by atoms with Crippen LogP contribution in [0.2, 0.25) is 0 Å². The van der Waals surface area contributed by atoms with Crippen LogP contribution in [0.3, 0.4) is 0 Å². The molecule has 1 unspecified atom stereocenters. The molecular formula is C15H20FNO2. The quantitative estimate of drug-likeness (QED) is 0.767. The molecule has 3 nitrogen and oxygen atoms in total. The second-order valence-electron chi connectivity index (χ2n) is 5.12. The van der Waals surface area contributed by atoms with Crippen LogP contribution in [0.15, 0.2) is 18.2 Å². The summed E-state index contributed by atoms with van der Waals surface area (Å²) in [6, 6.07) is 4.08. The summed E-state index contributed by atoms with van der Waals surface area (Å²) in [4.78, 5) is 14.7. The molecule has 1 fully saturated rings. The third kappa shape index (κ3) is 3.32. The van der Waals surface area contributed by atoms with Crippen molar-refractivity contribution < 1.29 is 13.9 Å². The number of ketones is 1. The molecular weight excluding hydrogens is 245 g/mol. The molecule has 1 aliphatic heterocycles. The summed E-state index contributed by atoms with van der Waals surface area (Å²) < 4.78 is 18.4. The monoisotopic (exact) mass is 265 g/mol. The summed E-state index contributed by atoms with van der Waals surface area (Å²) in [6.45, 7) is 4.74. The molecule has 19 heavy (non-hydrogen) atoms. The Bertz CT molecular complexity index is 455. The first kappa shape index (κ1) is 14.0. The van der Waals surface area contributed by atoms with E-state index in [-0.39, 0.29) is 11.7 Å². The van der Waals surface area contributed by atoms with E-state index in [1.165, 1.54) is 38.2 Å². The number of Topliss-reactive ketones (excluding diaryl/α,β-unsaturated/α-hetero) is 1. The first-order valence-electron chi connectivity index (χ1n) is 6.72. The molecule has 0 saturated carbocycles. The molecule has 0 N–H and O–H groups in total. The number of ether oxygens (including phenoxy) is 1. The molecule has 0 amide bonds. The van der Waals surface area contributed by atoms with Crippen molar-refractivity contribution in [3.8, 4) is 5.75 Å². The molecule has 104 valence electrons. The van der Waals surface area contributed by atoms with E-state index < -0.39 is 5.82 Å². The minimum absolute atomic E-state index is 0.0525. The highest BCUT2D eigenvalue weighted by Crippen LogP contribution is 2.23. The van der Waals surface area contributed by atoms with Crippen LogP contribution >= 0.6 is 0 Å². The van der Waals surface area contributed by atoms with Gasteiger partial charge in [0.15, 0.2) is 5.78 Å². The number of halogens is 1. The van der Waals surface area contributed by atoms with E-state index in [1.54, 1.807) is 0 Å². The van der Waals surface area contributed by atoms with Gasteiger partial charge in [0.05, 0.1) is 12.7 Å². The van der Waals surface area contributed by atoms with Crippen LogP contribution in [-0.4, -0.2) is 37.4 Å². The fraction of sp³-hybridized carbons (Fsp3) is 0.533. The standard InChI is InChI=1S/C15H20FNO2/c1-11(10-17-7-3-4-8-17)15(18)13-9-12(16)5-6-14(13)19-2/h5-6,9,11H,3-4,7-8,10H2,1-2H3. The smallest absolute Gasteiger partial charge is 0.170 e. The van der Waals surface area contributed by atoms with Crippen molar-refractivity contribution in [2.75, 3.05) is 26.7 Å². The Kier molecular flexibility index (Phi) is 4.53. The molecule has 0 aromatic heterocycles. The number of hydrogen-bond donors (Lipinski definition) is 0. The average molecular weight is 265 g/mol. The Morgan fingerprint density at radius 3 is 2.74 bits per heavy atom. The molecule has 1 heterocycles. The van der Waals surface area contributed by atoms with Gasteiger partial charge in [0.25, 0.3) is 0 Å². The summed E-state index contributed by atoms with van der Waals surface area (Å²) >= 11 is 0. The number of rotatable bonds is 5. The van der Waals surface area contributed by atoms with E-state index in [9.17, 15) is 9.18 Å². The van der Waals surface area contributed by atoms with Gasteiger partial charge in [0.1, 0.15) is 11.6 Å². The van der Waals surface area contributed by atoms with Crippen LogP contribution in [0.25, 0.3) is 0 Å². The number of nitrogens with zero attached hydrogens (tertiary/aromatic N) is 1. The highest BCUT2D eigenvalue weighted by molar-refractivity contribution is 6.00. The zero-order valence-electron chi connectivity index (χ0n) is 11.5. The van der Waals surface area contributed by atoms with Crippen molar-refractivity contribution in [2.24, 2.45) is 5.92 Å². The lowest BCUT2D eigenvalue weighted by Gasteiger charge is -2.20. The van der Waals surface area contributed by atoms with Crippen molar-refractivity contribution in [1.29, 1.82) is 0 Å². The third-order valence-corrected chi connectivity index (χ3v) is 3.61. The fourth-order valence-electron chi connectivity index (χ4n) is 2.57. The Balaban J connectivity index is 2.11. The van der Waals surface area contributed by atoms with Crippen molar-refractivity contribution in [3.63, 3.8) is 0 Å². The van der Waals surface area contributed by atoms with Gasteiger partial charge in [-0.1, -0.05) is 6.92 Å². The SMILES string of the molecule is COc1ccc(F)cc1C(=O)C(C)CN1CCCC1. The predicted molar refractivity (Wildman–Crippen MR) is 72.1 cm³/mol. The fourth-order valence-corrected chi connectivity index (χ4v) is 2.57. The number of carbonyl (C=O) groups excluding carboxylic acids is 1. The molecule has 2 rings (SSSR count). The minimum Gasteiger partial charge on any atom is -0.496 e. The van der Waals surface area contributed by atoms with Gasteiger partial charge in [-0.25, -0.2) is 4.39 Å². The van der Waals surface area contributed by atoms with Crippen LogP contribution in [0.1, 0.15) is 30.1 Å². The van der Waals surface area contributed by atoms with Gasteiger partial charge in [-0.15, -0.1) is 0 Å². The van der Waals surface area contributed by atoms with Crippen LogP contribution in [0.5, 0.6) is 5.75 Å². The molecule has 1 aliphatic rings. The van der Waals surface area contributed by atoms with E-state index in [2.05, 4.69) is 4.90 Å². The van der Waals surface area contributed by atoms with Gasteiger partial charge in [0.2, 0.25) is 0 Å². The molecule has 0 aliphatic carbocycles. The van der Waals surface area contributed by atoms with Crippen LogP contribution < -0.4 is 4.74 Å². The number of benzene rings is 1. The zero-order valence-corrected chi connectivity index (χ0v) is 11.5. The molecule has 0 radical (unpaired) electrons. The van der Waals surface area contributed by atoms with E-state index in [0.717, 1.165) is 19.6 Å². The summed E-state index contributed by atoms with van der Waals surface area (Å²) in [5.74, 6) is -0.158. The molecule has 0 spiro atoms. The van der Waals surface area contributed by atoms with Gasteiger partial charge >= 0.3 is 0 Å². The molecule has 1 aromatic rings. The maximum atomic E-state index is 13.3. The highest BCUT2D eigenvalue weighted by Gasteiger charge is 2.23. The second kappa shape index (κ2) is 6.15. The second-order valence-corrected chi connectivity index (χ2v) is 5.12. The Hall–Kier alpha value is -1.42. The van der Waals surface area contributed by atoms with Crippen LogP contribution in [0, 0.1) is 11.7 Å². The Morgan fingerprint density at radius 1 is 1.42 bits per heavy atom. The molecule has 1 saturated heterocycles. The van der Waals surface area contributed by atoms with Gasteiger partial charge in [-0.05, 0) is 44.1 Å². The predicted octanol–water partition coefficient (Wildman–Crippen LogP) is 2.75. The summed E-state index contributed by atoms with van der Waals surface area (Å²) in [7, 11) is 1.50. The first-order valence-corrected chi connectivity index (χ1v) is 6.72. The van der Waals surface area contributed by atoms with Crippen molar-refractivity contribution >= 4 is 5.78 Å². The van der Waals surface area contributed by atoms with Gasteiger partial charge in [0, 0.05) is 12.5 Å². The first-order chi connectivity index (χ1) is 9.11. The zero-order chi connectivity index (χ0) is 13.8. The van der Waals surface area contributed by atoms with Crippen molar-refractivity contribution in [2.45, 2.75) is 19.8 Å². The Labute approximate surface area is 113 Å². The molecule has 1 aromatic carbocycles. The van der Waals surface area contributed by atoms with E-state index in [1.807, 2.05) is 6.92 Å². The number of likely N-dealkylation sites (tertiary alicyclic amines) is 1. The number of carbonyl (C=O) groups is 1. The largest absolute Gasteiger partial charge is 0.496 e. The number of methoxy groups -OCH3 is 1. The maximum absolute atomic E-state index is 13.3. The Morgan fingerprint density at radius 2 is 2.11 bits per heavy atom. The van der Waals surface area contributed by atoms with Gasteiger partial charge < -0.3 is 9.64 Å². The topological polar surface area (TPSA) is 29.5 Å². The lowest BCUT2D eigenvalue weighted by molar-refractivity contribution is 0.0899. The van der Waals surface area contributed by atoms with Crippen LogP contribution in [-0.2, 0) is 0 Å². The lowest BCUT2D eigenvalue weighted by Crippen LogP contribution is -2.29. The maximum Gasteiger partial charge on any atom is 0.170 e. The van der Waals surface area contributed by atoms with E-state index >= 15 is 0 Å². The van der Waals surface area contributed by atoms with Crippen molar-refractivity contribution in [3.05, 3.63) is 29.6 Å². The normalized spacial score (nSPS) is 17.4. The molecule has 4 heteroatoms. The highest BCUT2D eigenvalue weighted by atomic mass is 19.1. The summed E-state index contributed by atoms with van der Waals surface area (Å²) in [5, 5.41) is 0. The molecule has 0 bridgehead atoms. The van der Waals surface area contributed by atoms with E-state index in [4.69, 9.17) is 4.74 Å². The number of hydrogen-bond acceptors (Lipinski definition) is 3. The van der Waals surface area contributed by atoms with Crippen molar-refractivity contribution in [1.82, 2.24) is 4.90 Å². The average Bonchev–Trinajstić information content (AvgIpc) is 2.90. The summed E-state index contributed by atoms with van der Waals surface area (Å²) in [5.41, 5.74) is 0.342. The van der Waals surface area contributed by atoms with Gasteiger partial charge in [-0.3, -0.25) is 4.79 Å². The molecule has 1 atom stereocenters. The lowest BCUT2D eigenvalue weighted by atomic mass is 9.98.